The van der Waals surface area contributed by atoms with Gasteiger partial charge in [0.1, 0.15) is 5.60 Å². The summed E-state index contributed by atoms with van der Waals surface area (Å²) in [5, 5.41) is 2.54. The number of anilines is 2. The number of carbonyl (C=O) groups is 1. The molecule has 5 nitrogen and oxygen atoms in total. The fourth-order valence-electron chi connectivity index (χ4n) is 1.63. The highest BCUT2D eigenvalue weighted by Gasteiger charge is 2.31. The number of ether oxygens (including phenoxy) is 1. The van der Waals surface area contributed by atoms with E-state index >= 15 is 0 Å². The highest BCUT2D eigenvalue weighted by atomic mass is 32.2. The third kappa shape index (κ3) is 6.47. The van der Waals surface area contributed by atoms with E-state index in [1.54, 1.807) is 20.8 Å². The maximum atomic E-state index is 12.6. The van der Waals surface area contributed by atoms with Gasteiger partial charge in [0.2, 0.25) is 0 Å². The largest absolute Gasteiger partial charge is 0.444 e. The smallest absolute Gasteiger partial charge is 0.416 e. The number of halogens is 3. The number of alkyl halides is 3. The number of rotatable bonds is 4. The first-order valence-electron chi connectivity index (χ1n) is 6.76. The molecule has 0 aromatic heterocycles. The number of nitrogen functional groups attached to an aromatic ring is 2. The van der Waals surface area contributed by atoms with Gasteiger partial charge in [-0.1, -0.05) is 0 Å². The third-order valence-corrected chi connectivity index (χ3v) is 3.66. The van der Waals surface area contributed by atoms with Crippen molar-refractivity contribution in [2.75, 3.05) is 23.8 Å². The van der Waals surface area contributed by atoms with Gasteiger partial charge in [-0.25, -0.2) is 4.79 Å². The van der Waals surface area contributed by atoms with Gasteiger partial charge >= 0.3 is 12.3 Å². The Morgan fingerprint density at radius 1 is 1.22 bits per heavy atom. The molecule has 1 aromatic rings. The van der Waals surface area contributed by atoms with Crippen LogP contribution in [0.1, 0.15) is 26.3 Å². The summed E-state index contributed by atoms with van der Waals surface area (Å²) in [5.74, 6) is 0.388. The fraction of sp³-hybridized carbons (Fsp3) is 0.500. The van der Waals surface area contributed by atoms with E-state index in [0.29, 0.717) is 10.6 Å². The second kappa shape index (κ2) is 7.20. The lowest BCUT2D eigenvalue weighted by Gasteiger charge is -2.19. The summed E-state index contributed by atoms with van der Waals surface area (Å²) >= 11 is 1.17. The topological polar surface area (TPSA) is 90.4 Å². The predicted octanol–water partition coefficient (Wildman–Crippen LogP) is 3.49. The molecule has 23 heavy (non-hydrogen) atoms. The lowest BCUT2D eigenvalue weighted by Crippen LogP contribution is -2.33. The number of benzene rings is 1. The molecule has 5 N–H and O–H groups in total. The van der Waals surface area contributed by atoms with E-state index in [9.17, 15) is 18.0 Å². The van der Waals surface area contributed by atoms with Crippen LogP contribution in [-0.2, 0) is 10.9 Å². The number of carbonyl (C=O) groups excluding carboxylic acids is 1. The minimum absolute atomic E-state index is 0.0420. The van der Waals surface area contributed by atoms with Crippen LogP contribution < -0.4 is 16.8 Å². The minimum Gasteiger partial charge on any atom is -0.444 e. The molecule has 1 rings (SSSR count). The molecule has 9 heteroatoms. The van der Waals surface area contributed by atoms with Gasteiger partial charge in [0.15, 0.2) is 0 Å². The van der Waals surface area contributed by atoms with E-state index in [1.807, 2.05) is 0 Å². The first kappa shape index (κ1) is 19.3. The highest BCUT2D eigenvalue weighted by molar-refractivity contribution is 7.99. The molecule has 0 heterocycles. The van der Waals surface area contributed by atoms with Gasteiger partial charge in [-0.2, -0.15) is 13.2 Å². The number of nitrogens with two attached hydrogens (primary N) is 2. The summed E-state index contributed by atoms with van der Waals surface area (Å²) in [5.41, 5.74) is 9.70. The maximum absolute atomic E-state index is 12.6. The number of hydrogen-bond donors (Lipinski definition) is 3. The van der Waals surface area contributed by atoms with Crippen LogP contribution in [0.25, 0.3) is 0 Å². The van der Waals surface area contributed by atoms with Crippen molar-refractivity contribution in [2.45, 2.75) is 37.4 Å². The molecular weight excluding hydrogens is 331 g/mol. The quantitative estimate of drug-likeness (QED) is 0.439. The Kier molecular flexibility index (Phi) is 6.04. The molecule has 0 saturated heterocycles. The molecule has 0 aliphatic carbocycles. The Morgan fingerprint density at radius 3 is 2.17 bits per heavy atom. The van der Waals surface area contributed by atoms with Crippen LogP contribution in [0.5, 0.6) is 0 Å². The number of alkyl carbamates (subject to hydrolysis) is 1. The molecule has 0 radical (unpaired) electrons. The summed E-state index contributed by atoms with van der Waals surface area (Å²) in [4.78, 5) is 11.8. The first-order chi connectivity index (χ1) is 10.4. The van der Waals surface area contributed by atoms with E-state index in [-0.39, 0.29) is 17.9 Å². The molecule has 0 aliphatic rings. The molecule has 130 valence electrons. The molecule has 0 fully saturated rings. The van der Waals surface area contributed by atoms with Gasteiger partial charge in [-0.05, 0) is 32.9 Å². The Labute approximate surface area is 136 Å². The van der Waals surface area contributed by atoms with Crippen molar-refractivity contribution in [3.8, 4) is 0 Å². The van der Waals surface area contributed by atoms with Crippen molar-refractivity contribution >= 4 is 29.2 Å². The van der Waals surface area contributed by atoms with Gasteiger partial charge in [0.05, 0.1) is 10.5 Å². The van der Waals surface area contributed by atoms with Crippen LogP contribution in [0.3, 0.4) is 0 Å². The van der Waals surface area contributed by atoms with E-state index in [4.69, 9.17) is 16.2 Å². The highest BCUT2D eigenvalue weighted by Crippen LogP contribution is 2.38. The maximum Gasteiger partial charge on any atom is 0.416 e. The summed E-state index contributed by atoms with van der Waals surface area (Å²) in [6.45, 7) is 5.49. The lowest BCUT2D eigenvalue weighted by atomic mass is 10.1. The molecule has 0 spiro atoms. The lowest BCUT2D eigenvalue weighted by molar-refractivity contribution is -0.137. The molecule has 0 bridgehead atoms. The van der Waals surface area contributed by atoms with Gasteiger partial charge in [0, 0.05) is 23.7 Å². The predicted molar refractivity (Wildman–Crippen MR) is 85.2 cm³/mol. The summed E-state index contributed by atoms with van der Waals surface area (Å²) in [7, 11) is 0. The van der Waals surface area contributed by atoms with Crippen molar-refractivity contribution in [3.63, 3.8) is 0 Å². The van der Waals surface area contributed by atoms with E-state index in [1.165, 1.54) is 11.8 Å². The van der Waals surface area contributed by atoms with Crippen LogP contribution in [0, 0.1) is 0 Å². The summed E-state index contributed by atoms with van der Waals surface area (Å²) in [6, 6.07) is 1.69. The SMILES string of the molecule is CC(C)(C)OC(=O)NCCSc1c(N)cc(C(F)(F)F)cc1N. The second-order valence-corrected chi connectivity index (χ2v) is 6.86. The fourth-order valence-corrected chi connectivity index (χ4v) is 2.48. The number of thioether (sulfide) groups is 1. The molecule has 1 aromatic carbocycles. The average Bonchev–Trinajstić information content (AvgIpc) is 2.33. The number of hydrogen-bond acceptors (Lipinski definition) is 5. The van der Waals surface area contributed by atoms with Crippen LogP contribution in [0.2, 0.25) is 0 Å². The van der Waals surface area contributed by atoms with Crippen molar-refractivity contribution in [1.29, 1.82) is 0 Å². The molecule has 0 saturated carbocycles. The standard InChI is InChI=1S/C14H20F3N3O2S/c1-13(2,3)22-12(21)20-4-5-23-11-9(18)6-8(7-10(11)19)14(15,16)17/h6-7H,4-5,18-19H2,1-3H3,(H,20,21). The summed E-state index contributed by atoms with van der Waals surface area (Å²) < 4.78 is 42.9. The Morgan fingerprint density at radius 2 is 1.74 bits per heavy atom. The molecule has 0 atom stereocenters. The van der Waals surface area contributed by atoms with Gasteiger partial charge in [0.25, 0.3) is 0 Å². The van der Waals surface area contributed by atoms with Gasteiger partial charge in [-0.3, -0.25) is 0 Å². The van der Waals surface area contributed by atoms with Crippen molar-refractivity contribution < 1.29 is 22.7 Å². The van der Waals surface area contributed by atoms with Crippen molar-refractivity contribution in [3.05, 3.63) is 17.7 Å². The van der Waals surface area contributed by atoms with E-state index < -0.39 is 23.4 Å². The zero-order valence-corrected chi connectivity index (χ0v) is 13.9. The van der Waals surface area contributed by atoms with Crippen LogP contribution >= 0.6 is 11.8 Å². The monoisotopic (exact) mass is 351 g/mol. The molecule has 0 unspecified atom stereocenters. The normalized spacial score (nSPS) is 12.1. The Balaban J connectivity index is 2.58. The van der Waals surface area contributed by atoms with E-state index in [2.05, 4.69) is 5.32 Å². The van der Waals surface area contributed by atoms with Crippen molar-refractivity contribution in [2.24, 2.45) is 0 Å². The number of nitrogens with one attached hydrogen (secondary N) is 1. The Hall–Kier alpha value is -1.77. The zero-order chi connectivity index (χ0) is 17.8. The minimum atomic E-state index is -4.50. The Bertz CT molecular complexity index is 548. The van der Waals surface area contributed by atoms with Crippen LogP contribution in [0.15, 0.2) is 17.0 Å². The average molecular weight is 351 g/mol. The number of amides is 1. The zero-order valence-electron chi connectivity index (χ0n) is 13.1. The molecule has 0 aliphatic heterocycles. The molecular formula is C14H20F3N3O2S. The third-order valence-electron chi connectivity index (χ3n) is 2.49. The van der Waals surface area contributed by atoms with Gasteiger partial charge < -0.3 is 21.5 Å². The van der Waals surface area contributed by atoms with Crippen LogP contribution in [0.4, 0.5) is 29.3 Å². The van der Waals surface area contributed by atoms with Crippen LogP contribution in [-0.4, -0.2) is 24.0 Å². The summed E-state index contributed by atoms with van der Waals surface area (Å²) in [6.07, 6.45) is -5.06. The molecule has 1 amide bonds. The van der Waals surface area contributed by atoms with Gasteiger partial charge in [-0.15, -0.1) is 11.8 Å². The van der Waals surface area contributed by atoms with E-state index in [0.717, 1.165) is 12.1 Å². The first-order valence-corrected chi connectivity index (χ1v) is 7.74. The second-order valence-electron chi connectivity index (χ2n) is 5.76. The van der Waals surface area contributed by atoms with Crippen molar-refractivity contribution in [1.82, 2.24) is 5.32 Å².